The van der Waals surface area contributed by atoms with E-state index in [1.165, 1.54) is 5.69 Å². The Kier molecular flexibility index (Phi) is 3.24. The van der Waals surface area contributed by atoms with Crippen molar-refractivity contribution >= 4 is 5.78 Å². The van der Waals surface area contributed by atoms with Crippen LogP contribution in [0.1, 0.15) is 17.1 Å². The van der Waals surface area contributed by atoms with Gasteiger partial charge in [0.25, 0.3) is 0 Å². The highest BCUT2D eigenvalue weighted by Gasteiger charge is 2.15. The van der Waals surface area contributed by atoms with Crippen molar-refractivity contribution in [1.29, 1.82) is 0 Å². The summed E-state index contributed by atoms with van der Waals surface area (Å²) in [5, 5.41) is 0. The number of hydrogen-bond donors (Lipinski definition) is 0. The number of fused-ring (bicyclic) bond motifs is 1. The number of rotatable bonds is 2. The van der Waals surface area contributed by atoms with E-state index in [-0.39, 0.29) is 0 Å². The zero-order valence-electron chi connectivity index (χ0n) is 11.9. The largest absolute Gasteiger partial charge is 0.304 e. The Morgan fingerprint density at radius 2 is 1.84 bits per heavy atom. The molecule has 19 heavy (non-hydrogen) atoms. The van der Waals surface area contributed by atoms with Gasteiger partial charge < -0.3 is 4.90 Å². The molecule has 0 radical (unpaired) electrons. The second kappa shape index (κ2) is 4.90. The van der Waals surface area contributed by atoms with Gasteiger partial charge in [0.2, 0.25) is 5.78 Å². The second-order valence-corrected chi connectivity index (χ2v) is 5.52. The second-order valence-electron chi connectivity index (χ2n) is 5.52. The summed E-state index contributed by atoms with van der Waals surface area (Å²) in [7, 11) is 2.18. The predicted molar refractivity (Wildman–Crippen MR) is 75.2 cm³/mol. The lowest BCUT2D eigenvalue weighted by atomic mass is 10.3. The van der Waals surface area contributed by atoms with Crippen molar-refractivity contribution in [3.63, 3.8) is 0 Å². The molecule has 0 amide bonds. The van der Waals surface area contributed by atoms with Crippen molar-refractivity contribution in [2.45, 2.75) is 20.4 Å². The monoisotopic (exact) mass is 259 g/mol. The van der Waals surface area contributed by atoms with Crippen molar-refractivity contribution in [2.75, 3.05) is 33.2 Å². The number of aromatic nitrogens is 3. The molecule has 0 N–H and O–H groups in total. The summed E-state index contributed by atoms with van der Waals surface area (Å²) in [5.74, 6) is 0.821. The molecule has 2 aromatic heterocycles. The number of hydrogen-bond acceptors (Lipinski definition) is 4. The molecule has 1 aliphatic heterocycles. The van der Waals surface area contributed by atoms with Gasteiger partial charge in [-0.3, -0.25) is 9.30 Å². The minimum Gasteiger partial charge on any atom is -0.304 e. The summed E-state index contributed by atoms with van der Waals surface area (Å²) >= 11 is 0. The van der Waals surface area contributed by atoms with Crippen LogP contribution in [0.3, 0.4) is 0 Å². The molecule has 0 aliphatic carbocycles. The van der Waals surface area contributed by atoms with Gasteiger partial charge in [0.1, 0.15) is 0 Å². The molecule has 3 rings (SSSR count). The van der Waals surface area contributed by atoms with Crippen LogP contribution in [-0.4, -0.2) is 57.4 Å². The lowest BCUT2D eigenvalue weighted by Gasteiger charge is -2.31. The summed E-state index contributed by atoms with van der Waals surface area (Å²) in [6.07, 6.45) is 2.12. The van der Waals surface area contributed by atoms with Crippen molar-refractivity contribution in [1.82, 2.24) is 24.2 Å². The zero-order chi connectivity index (χ0) is 13.4. The van der Waals surface area contributed by atoms with Crippen LogP contribution in [0.15, 0.2) is 12.3 Å². The maximum Gasteiger partial charge on any atom is 0.234 e. The van der Waals surface area contributed by atoms with Gasteiger partial charge >= 0.3 is 0 Å². The summed E-state index contributed by atoms with van der Waals surface area (Å²) < 4.78 is 2.08. The standard InChI is InChI=1S/C14H21N5/c1-11-8-12(2)19-10-13(16-14(19)15-11)9-18-6-4-17(3)5-7-18/h8,10H,4-7,9H2,1-3H3. The molecule has 1 saturated heterocycles. The third-order valence-corrected chi connectivity index (χ3v) is 3.79. The Labute approximate surface area is 113 Å². The molecule has 5 nitrogen and oxygen atoms in total. The van der Waals surface area contributed by atoms with Crippen LogP contribution in [-0.2, 0) is 6.54 Å². The molecule has 1 aliphatic rings. The first kappa shape index (κ1) is 12.6. The van der Waals surface area contributed by atoms with Crippen molar-refractivity contribution in [3.05, 3.63) is 29.3 Å². The molecule has 0 saturated carbocycles. The van der Waals surface area contributed by atoms with Gasteiger partial charge in [0.05, 0.1) is 5.69 Å². The molecule has 2 aromatic rings. The number of piperazine rings is 1. The normalized spacial score (nSPS) is 18.3. The van der Waals surface area contributed by atoms with Gasteiger partial charge in [-0.15, -0.1) is 0 Å². The number of aryl methyl sites for hydroxylation is 2. The third-order valence-electron chi connectivity index (χ3n) is 3.79. The van der Waals surface area contributed by atoms with Crippen LogP contribution in [0.5, 0.6) is 0 Å². The van der Waals surface area contributed by atoms with Gasteiger partial charge in [-0.05, 0) is 27.0 Å². The van der Waals surface area contributed by atoms with E-state index in [0.29, 0.717) is 0 Å². The van der Waals surface area contributed by atoms with Crippen LogP contribution in [0.2, 0.25) is 0 Å². The number of imidazole rings is 1. The fraction of sp³-hybridized carbons (Fsp3) is 0.571. The number of likely N-dealkylation sites (N-methyl/N-ethyl adjacent to an activating group) is 1. The van der Waals surface area contributed by atoms with Gasteiger partial charge in [0.15, 0.2) is 0 Å². The molecular formula is C14H21N5. The summed E-state index contributed by atoms with van der Waals surface area (Å²) in [6, 6.07) is 2.09. The molecular weight excluding hydrogens is 238 g/mol. The quantitative estimate of drug-likeness (QED) is 0.809. The average Bonchev–Trinajstić information content (AvgIpc) is 2.75. The predicted octanol–water partition coefficient (Wildman–Crippen LogP) is 1.09. The minimum atomic E-state index is 0.821. The average molecular weight is 259 g/mol. The van der Waals surface area contributed by atoms with Crippen LogP contribution in [0, 0.1) is 13.8 Å². The summed E-state index contributed by atoms with van der Waals surface area (Å²) in [6.45, 7) is 9.57. The highest BCUT2D eigenvalue weighted by Crippen LogP contribution is 2.11. The van der Waals surface area contributed by atoms with Gasteiger partial charge in [-0.1, -0.05) is 0 Å². The van der Waals surface area contributed by atoms with Gasteiger partial charge in [0, 0.05) is 50.3 Å². The molecule has 102 valence electrons. The first-order valence-electron chi connectivity index (χ1n) is 6.85. The Hall–Kier alpha value is -1.46. The lowest BCUT2D eigenvalue weighted by Crippen LogP contribution is -2.43. The zero-order valence-corrected chi connectivity index (χ0v) is 11.9. The van der Waals surface area contributed by atoms with Crippen LogP contribution < -0.4 is 0 Å². The SMILES string of the molecule is Cc1cc(C)n2cc(CN3CCN(C)CC3)nc2n1. The van der Waals surface area contributed by atoms with E-state index in [1.54, 1.807) is 0 Å². The Morgan fingerprint density at radius 1 is 1.11 bits per heavy atom. The van der Waals surface area contributed by atoms with E-state index in [0.717, 1.165) is 49.9 Å². The Balaban J connectivity index is 1.80. The maximum atomic E-state index is 4.64. The van der Waals surface area contributed by atoms with E-state index in [9.17, 15) is 0 Å². The smallest absolute Gasteiger partial charge is 0.234 e. The van der Waals surface area contributed by atoms with E-state index >= 15 is 0 Å². The third kappa shape index (κ3) is 2.62. The first-order valence-corrected chi connectivity index (χ1v) is 6.85. The summed E-state index contributed by atoms with van der Waals surface area (Å²) in [4.78, 5) is 14.0. The fourth-order valence-corrected chi connectivity index (χ4v) is 2.63. The lowest BCUT2D eigenvalue weighted by molar-refractivity contribution is 0.147. The van der Waals surface area contributed by atoms with E-state index in [1.807, 2.05) is 6.92 Å². The molecule has 0 atom stereocenters. The Morgan fingerprint density at radius 3 is 2.58 bits per heavy atom. The molecule has 0 unspecified atom stereocenters. The van der Waals surface area contributed by atoms with Crippen LogP contribution in [0.4, 0.5) is 0 Å². The molecule has 5 heteroatoms. The molecule has 0 aromatic carbocycles. The van der Waals surface area contributed by atoms with Crippen molar-refractivity contribution in [3.8, 4) is 0 Å². The highest BCUT2D eigenvalue weighted by molar-refractivity contribution is 5.34. The first-order chi connectivity index (χ1) is 9.11. The Bertz CT molecular complexity index is 581. The van der Waals surface area contributed by atoms with Crippen LogP contribution in [0.25, 0.3) is 5.78 Å². The van der Waals surface area contributed by atoms with E-state index in [2.05, 4.69) is 50.4 Å². The van der Waals surface area contributed by atoms with Gasteiger partial charge in [-0.25, -0.2) is 9.97 Å². The topological polar surface area (TPSA) is 36.7 Å². The minimum absolute atomic E-state index is 0.821. The highest BCUT2D eigenvalue weighted by atomic mass is 15.3. The number of nitrogens with zero attached hydrogens (tertiary/aromatic N) is 5. The van der Waals surface area contributed by atoms with Crippen molar-refractivity contribution in [2.24, 2.45) is 0 Å². The molecule has 0 spiro atoms. The molecule has 1 fully saturated rings. The van der Waals surface area contributed by atoms with E-state index < -0.39 is 0 Å². The molecule has 0 bridgehead atoms. The van der Waals surface area contributed by atoms with Crippen molar-refractivity contribution < 1.29 is 0 Å². The fourth-order valence-electron chi connectivity index (χ4n) is 2.63. The summed E-state index contributed by atoms with van der Waals surface area (Å²) in [5.41, 5.74) is 3.34. The maximum absolute atomic E-state index is 4.64. The van der Waals surface area contributed by atoms with E-state index in [4.69, 9.17) is 0 Å². The van der Waals surface area contributed by atoms with Crippen LogP contribution >= 0.6 is 0 Å². The molecule has 3 heterocycles. The van der Waals surface area contributed by atoms with Gasteiger partial charge in [-0.2, -0.15) is 0 Å².